The summed E-state index contributed by atoms with van der Waals surface area (Å²) in [7, 11) is 0. The molecule has 0 radical (unpaired) electrons. The summed E-state index contributed by atoms with van der Waals surface area (Å²) in [6.45, 7) is 2.22. The molecule has 0 saturated heterocycles. The Labute approximate surface area is 138 Å². The van der Waals surface area contributed by atoms with Gasteiger partial charge in [-0.05, 0) is 24.6 Å². The highest BCUT2D eigenvalue weighted by molar-refractivity contribution is 6.21. The molecule has 1 N–H and O–H groups in total. The molecule has 0 aliphatic carbocycles. The van der Waals surface area contributed by atoms with Crippen molar-refractivity contribution in [1.82, 2.24) is 14.7 Å². The van der Waals surface area contributed by atoms with E-state index in [-0.39, 0.29) is 30.6 Å². The molecule has 0 bridgehead atoms. The molecule has 0 fully saturated rings. The second-order valence-corrected chi connectivity index (χ2v) is 5.61. The number of fused-ring (bicyclic) bond motifs is 1. The average molecular weight is 327 g/mol. The van der Waals surface area contributed by atoms with E-state index in [4.69, 9.17) is 0 Å². The van der Waals surface area contributed by atoms with Crippen LogP contribution in [-0.4, -0.2) is 44.1 Å². The lowest BCUT2D eigenvalue weighted by Gasteiger charge is -2.14. The lowest BCUT2D eigenvalue weighted by molar-refractivity contribution is 0.0646. The van der Waals surface area contributed by atoms with E-state index in [0.29, 0.717) is 23.2 Å². The predicted molar refractivity (Wildman–Crippen MR) is 85.0 cm³/mol. The van der Waals surface area contributed by atoms with Gasteiger partial charge in [0.1, 0.15) is 5.69 Å². The molecule has 7 heteroatoms. The average Bonchev–Trinajstić information content (AvgIpc) is 3.07. The van der Waals surface area contributed by atoms with Crippen molar-refractivity contribution < 1.29 is 19.5 Å². The highest BCUT2D eigenvalue weighted by Gasteiger charge is 2.34. The fourth-order valence-corrected chi connectivity index (χ4v) is 2.83. The number of aromatic carboxylic acids is 1. The second-order valence-electron chi connectivity index (χ2n) is 5.61. The number of carbonyl (C=O) groups excluding carboxylic acids is 2. The Balaban J connectivity index is 1.78. The monoisotopic (exact) mass is 327 g/mol. The molecular formula is C17H17N3O4. The van der Waals surface area contributed by atoms with Crippen LogP contribution in [0.2, 0.25) is 0 Å². The van der Waals surface area contributed by atoms with E-state index in [1.165, 1.54) is 10.7 Å². The molecule has 1 aliphatic heterocycles. The second kappa shape index (κ2) is 6.27. The minimum Gasteiger partial charge on any atom is -0.477 e. The van der Waals surface area contributed by atoms with Crippen LogP contribution in [0.25, 0.3) is 0 Å². The Morgan fingerprint density at radius 3 is 2.29 bits per heavy atom. The van der Waals surface area contributed by atoms with Gasteiger partial charge in [0.15, 0.2) is 0 Å². The zero-order chi connectivity index (χ0) is 17.3. The molecule has 1 aliphatic rings. The first-order valence-electron chi connectivity index (χ1n) is 7.78. The lowest BCUT2D eigenvalue weighted by Crippen LogP contribution is -2.33. The van der Waals surface area contributed by atoms with Crippen LogP contribution >= 0.6 is 0 Å². The van der Waals surface area contributed by atoms with Crippen molar-refractivity contribution in [1.29, 1.82) is 0 Å². The largest absolute Gasteiger partial charge is 0.477 e. The van der Waals surface area contributed by atoms with Crippen LogP contribution < -0.4 is 0 Å². The molecule has 7 nitrogen and oxygen atoms in total. The molecule has 2 amide bonds. The molecule has 0 unspecified atom stereocenters. The van der Waals surface area contributed by atoms with Crippen molar-refractivity contribution in [3.05, 3.63) is 52.8 Å². The van der Waals surface area contributed by atoms with Gasteiger partial charge in [0, 0.05) is 6.54 Å². The first-order valence-corrected chi connectivity index (χ1v) is 7.78. The highest BCUT2D eigenvalue weighted by Crippen LogP contribution is 2.22. The van der Waals surface area contributed by atoms with Crippen molar-refractivity contribution in [2.45, 2.75) is 26.3 Å². The number of nitrogens with zero attached hydrogens (tertiary/aromatic N) is 3. The number of amides is 2. The van der Waals surface area contributed by atoms with Crippen LogP contribution in [0.15, 0.2) is 30.3 Å². The van der Waals surface area contributed by atoms with E-state index in [1.54, 1.807) is 24.3 Å². The van der Waals surface area contributed by atoms with Crippen molar-refractivity contribution in [2.24, 2.45) is 0 Å². The van der Waals surface area contributed by atoms with Crippen LogP contribution in [0.5, 0.6) is 0 Å². The predicted octanol–water partition coefficient (Wildman–Crippen LogP) is 1.83. The number of hydrogen-bond donors (Lipinski definition) is 1. The molecule has 3 rings (SSSR count). The first kappa shape index (κ1) is 15.9. The summed E-state index contributed by atoms with van der Waals surface area (Å²) in [6, 6.07) is 8.19. The van der Waals surface area contributed by atoms with Crippen molar-refractivity contribution >= 4 is 17.8 Å². The fraction of sp³-hybridized carbons (Fsp3) is 0.294. The standard InChI is InChI=1S/C17H17N3O4/c1-2-5-11-10-14(17(23)24)20(18-11)9-8-19-15(21)12-6-3-4-7-13(12)16(19)22/h3-4,6-7,10H,2,5,8-9H2,1H3,(H,23,24). The van der Waals surface area contributed by atoms with Gasteiger partial charge in [-0.1, -0.05) is 25.5 Å². The Kier molecular flexibility index (Phi) is 4.16. The zero-order valence-electron chi connectivity index (χ0n) is 13.2. The third-order valence-corrected chi connectivity index (χ3v) is 3.97. The maximum atomic E-state index is 12.3. The summed E-state index contributed by atoms with van der Waals surface area (Å²) >= 11 is 0. The number of carbonyl (C=O) groups is 3. The van der Waals surface area contributed by atoms with E-state index < -0.39 is 5.97 Å². The molecule has 124 valence electrons. The van der Waals surface area contributed by atoms with Crippen LogP contribution in [0, 0.1) is 0 Å². The summed E-state index contributed by atoms with van der Waals surface area (Å²) in [5.74, 6) is -1.78. The maximum Gasteiger partial charge on any atom is 0.354 e. The Hall–Kier alpha value is -2.96. The number of imide groups is 1. The van der Waals surface area contributed by atoms with E-state index in [9.17, 15) is 19.5 Å². The van der Waals surface area contributed by atoms with Crippen molar-refractivity contribution in [3.63, 3.8) is 0 Å². The van der Waals surface area contributed by atoms with Gasteiger partial charge < -0.3 is 5.11 Å². The molecule has 0 atom stereocenters. The van der Waals surface area contributed by atoms with Crippen LogP contribution in [0.1, 0.15) is 50.2 Å². The molecule has 2 heterocycles. The number of carboxylic acids is 1. The van der Waals surface area contributed by atoms with Gasteiger partial charge in [0.25, 0.3) is 11.8 Å². The number of rotatable bonds is 6. The topological polar surface area (TPSA) is 92.5 Å². The Morgan fingerprint density at radius 1 is 1.12 bits per heavy atom. The van der Waals surface area contributed by atoms with E-state index in [2.05, 4.69) is 5.10 Å². The van der Waals surface area contributed by atoms with E-state index in [1.807, 2.05) is 6.92 Å². The lowest BCUT2D eigenvalue weighted by atomic mass is 10.1. The smallest absolute Gasteiger partial charge is 0.354 e. The van der Waals surface area contributed by atoms with Gasteiger partial charge in [-0.15, -0.1) is 0 Å². The minimum atomic E-state index is -1.08. The Morgan fingerprint density at radius 2 is 1.75 bits per heavy atom. The fourth-order valence-electron chi connectivity index (χ4n) is 2.83. The maximum absolute atomic E-state index is 12.3. The van der Waals surface area contributed by atoms with Crippen LogP contribution in [0.3, 0.4) is 0 Å². The SMILES string of the molecule is CCCc1cc(C(=O)O)n(CCN2C(=O)c3ccccc3C2=O)n1. The van der Waals surface area contributed by atoms with E-state index >= 15 is 0 Å². The number of aromatic nitrogens is 2. The Bertz CT molecular complexity index is 790. The highest BCUT2D eigenvalue weighted by atomic mass is 16.4. The summed E-state index contributed by atoms with van der Waals surface area (Å²) in [6.07, 6.45) is 1.54. The number of hydrogen-bond acceptors (Lipinski definition) is 4. The summed E-state index contributed by atoms with van der Waals surface area (Å²) < 4.78 is 1.34. The van der Waals surface area contributed by atoms with Gasteiger partial charge in [-0.3, -0.25) is 19.2 Å². The molecule has 2 aromatic rings. The minimum absolute atomic E-state index is 0.0649. The third kappa shape index (κ3) is 2.68. The van der Waals surface area contributed by atoms with Crippen molar-refractivity contribution in [2.75, 3.05) is 6.54 Å². The number of carboxylic acid groups (broad SMARTS) is 1. The van der Waals surface area contributed by atoms with E-state index in [0.717, 1.165) is 11.3 Å². The van der Waals surface area contributed by atoms with Gasteiger partial charge in [0.05, 0.1) is 23.4 Å². The summed E-state index contributed by atoms with van der Waals surface area (Å²) in [5.41, 5.74) is 1.52. The van der Waals surface area contributed by atoms with Crippen molar-refractivity contribution in [3.8, 4) is 0 Å². The molecule has 24 heavy (non-hydrogen) atoms. The molecular weight excluding hydrogens is 310 g/mol. The van der Waals surface area contributed by atoms with Crippen LogP contribution in [-0.2, 0) is 13.0 Å². The third-order valence-electron chi connectivity index (χ3n) is 3.97. The normalized spacial score (nSPS) is 13.5. The first-order chi connectivity index (χ1) is 11.5. The van der Waals surface area contributed by atoms with Gasteiger partial charge in [0.2, 0.25) is 0 Å². The number of aryl methyl sites for hydroxylation is 1. The summed E-state index contributed by atoms with van der Waals surface area (Å²) in [5, 5.41) is 13.5. The molecule has 0 saturated carbocycles. The van der Waals surface area contributed by atoms with Gasteiger partial charge >= 0.3 is 5.97 Å². The quantitative estimate of drug-likeness (QED) is 0.817. The van der Waals surface area contributed by atoms with Gasteiger partial charge in [-0.2, -0.15) is 5.10 Å². The molecule has 1 aromatic carbocycles. The molecule has 0 spiro atoms. The molecule has 1 aromatic heterocycles. The van der Waals surface area contributed by atoms with Gasteiger partial charge in [-0.25, -0.2) is 4.79 Å². The van der Waals surface area contributed by atoms with Crippen LogP contribution in [0.4, 0.5) is 0 Å². The number of benzene rings is 1. The zero-order valence-corrected chi connectivity index (χ0v) is 13.2. The summed E-state index contributed by atoms with van der Waals surface area (Å²) in [4.78, 5) is 37.1.